The minimum atomic E-state index is -0.482. The highest BCUT2D eigenvalue weighted by molar-refractivity contribution is 5.92. The van der Waals surface area contributed by atoms with E-state index in [1.807, 2.05) is 0 Å². The molecule has 0 bridgehead atoms. The second kappa shape index (κ2) is 7.97. The minimum Gasteiger partial charge on any atom is -0.496 e. The van der Waals surface area contributed by atoms with Gasteiger partial charge in [-0.2, -0.15) is 0 Å². The maximum atomic E-state index is 11.6. The molecular weight excluding hydrogens is 250 g/mol. The van der Waals surface area contributed by atoms with Gasteiger partial charge in [0, 0.05) is 6.54 Å². The Labute approximate surface area is 111 Å². The van der Waals surface area contributed by atoms with Crippen molar-refractivity contribution in [2.24, 2.45) is 0 Å². The fourth-order valence-electron chi connectivity index (χ4n) is 1.47. The van der Waals surface area contributed by atoms with E-state index in [9.17, 15) is 9.59 Å². The molecule has 0 radical (unpaired) electrons. The van der Waals surface area contributed by atoms with E-state index in [1.165, 1.54) is 14.2 Å². The lowest BCUT2D eigenvalue weighted by molar-refractivity contribution is -0.109. The number of rotatable bonds is 8. The number of hydrogen-bond donors (Lipinski definition) is 1. The number of nitrogens with one attached hydrogen (secondary N) is 1. The highest BCUT2D eigenvalue weighted by atomic mass is 16.5. The highest BCUT2D eigenvalue weighted by Gasteiger charge is 2.13. The molecule has 104 valence electrons. The molecule has 0 unspecified atom stereocenters. The summed E-state index contributed by atoms with van der Waals surface area (Å²) in [6, 6.07) is 4.92. The van der Waals surface area contributed by atoms with Gasteiger partial charge in [-0.1, -0.05) is 0 Å². The van der Waals surface area contributed by atoms with Crippen LogP contribution in [0.25, 0.3) is 0 Å². The third-order valence-electron chi connectivity index (χ3n) is 2.39. The zero-order valence-corrected chi connectivity index (χ0v) is 11.0. The Balaban J connectivity index is 2.64. The van der Waals surface area contributed by atoms with E-state index >= 15 is 0 Å². The smallest absolute Gasteiger partial charge is 0.341 e. The van der Waals surface area contributed by atoms with Crippen LogP contribution in [0.3, 0.4) is 0 Å². The second-order valence-corrected chi connectivity index (χ2v) is 3.63. The summed E-state index contributed by atoms with van der Waals surface area (Å²) in [5, 5.41) is 2.54. The molecule has 0 aliphatic rings. The lowest BCUT2D eigenvalue weighted by Crippen LogP contribution is -2.15. The summed E-state index contributed by atoms with van der Waals surface area (Å²) in [5.74, 6) is 0.499. The molecule has 0 fully saturated rings. The van der Waals surface area contributed by atoms with Gasteiger partial charge in [-0.15, -0.1) is 0 Å². The predicted octanol–water partition coefficient (Wildman–Crippen LogP) is 0.997. The number of carbonyl (C=O) groups is 2. The van der Waals surface area contributed by atoms with Gasteiger partial charge in [-0.25, -0.2) is 4.79 Å². The monoisotopic (exact) mass is 267 g/mol. The highest BCUT2D eigenvalue weighted by Crippen LogP contribution is 2.24. The number of benzene rings is 1. The third-order valence-corrected chi connectivity index (χ3v) is 2.39. The Bertz CT molecular complexity index is 433. The molecule has 6 nitrogen and oxygen atoms in total. The molecule has 1 aromatic rings. The molecule has 0 aliphatic heterocycles. The summed E-state index contributed by atoms with van der Waals surface area (Å²) in [6.45, 7) is 0.983. The fourth-order valence-corrected chi connectivity index (χ4v) is 1.47. The van der Waals surface area contributed by atoms with E-state index in [2.05, 4.69) is 10.1 Å². The Morgan fingerprint density at radius 1 is 1.37 bits per heavy atom. The standard InChI is InChI=1S/C13H17NO5/c1-17-12-5-4-10(8-11(12)13(16)18-2)19-7-3-6-14-9-15/h4-5,8-9H,3,6-7H2,1-2H3,(H,14,15). The fraction of sp³-hybridized carbons (Fsp3) is 0.385. The first kappa shape index (κ1) is 14.8. The van der Waals surface area contributed by atoms with Crippen LogP contribution in [0.2, 0.25) is 0 Å². The molecule has 0 saturated carbocycles. The van der Waals surface area contributed by atoms with Crippen molar-refractivity contribution in [3.63, 3.8) is 0 Å². The van der Waals surface area contributed by atoms with Gasteiger partial charge in [0.15, 0.2) is 0 Å². The quantitative estimate of drug-likeness (QED) is 0.432. The summed E-state index contributed by atoms with van der Waals surface area (Å²) >= 11 is 0. The summed E-state index contributed by atoms with van der Waals surface area (Å²) < 4.78 is 15.2. The van der Waals surface area contributed by atoms with Gasteiger partial charge in [0.2, 0.25) is 6.41 Å². The van der Waals surface area contributed by atoms with Crippen LogP contribution in [-0.2, 0) is 9.53 Å². The minimum absolute atomic E-state index is 0.313. The number of esters is 1. The van der Waals surface area contributed by atoms with E-state index < -0.39 is 5.97 Å². The molecule has 1 N–H and O–H groups in total. The first-order valence-corrected chi connectivity index (χ1v) is 5.79. The second-order valence-electron chi connectivity index (χ2n) is 3.63. The molecule has 0 heterocycles. The maximum Gasteiger partial charge on any atom is 0.341 e. The predicted molar refractivity (Wildman–Crippen MR) is 68.5 cm³/mol. The number of ether oxygens (including phenoxy) is 3. The number of carbonyl (C=O) groups excluding carboxylic acids is 2. The van der Waals surface area contributed by atoms with Gasteiger partial charge in [0.05, 0.1) is 20.8 Å². The summed E-state index contributed by atoms with van der Waals surface area (Å²) in [7, 11) is 2.79. The van der Waals surface area contributed by atoms with Gasteiger partial charge in [0.1, 0.15) is 17.1 Å². The Hall–Kier alpha value is -2.24. The van der Waals surface area contributed by atoms with Gasteiger partial charge in [-0.05, 0) is 24.6 Å². The average Bonchev–Trinajstić information content (AvgIpc) is 2.46. The largest absolute Gasteiger partial charge is 0.496 e. The Kier molecular flexibility index (Phi) is 6.21. The average molecular weight is 267 g/mol. The van der Waals surface area contributed by atoms with Crippen molar-refractivity contribution < 1.29 is 23.8 Å². The van der Waals surface area contributed by atoms with Crippen molar-refractivity contribution >= 4 is 12.4 Å². The van der Waals surface area contributed by atoms with Crippen LogP contribution >= 0.6 is 0 Å². The molecule has 6 heteroatoms. The summed E-state index contributed by atoms with van der Waals surface area (Å²) in [4.78, 5) is 21.6. The third kappa shape index (κ3) is 4.50. The number of hydrogen-bond acceptors (Lipinski definition) is 5. The number of methoxy groups -OCH3 is 2. The zero-order chi connectivity index (χ0) is 14.1. The molecule has 0 atom stereocenters. The van der Waals surface area contributed by atoms with Crippen molar-refractivity contribution in [1.29, 1.82) is 0 Å². The lowest BCUT2D eigenvalue weighted by Gasteiger charge is -2.10. The van der Waals surface area contributed by atoms with Gasteiger partial charge in [0.25, 0.3) is 0 Å². The topological polar surface area (TPSA) is 73.9 Å². The van der Waals surface area contributed by atoms with E-state index in [0.29, 0.717) is 43.0 Å². The molecule has 0 aliphatic carbocycles. The van der Waals surface area contributed by atoms with E-state index in [1.54, 1.807) is 18.2 Å². The van der Waals surface area contributed by atoms with Crippen LogP contribution in [-0.4, -0.2) is 39.8 Å². The van der Waals surface area contributed by atoms with Crippen molar-refractivity contribution in [2.75, 3.05) is 27.4 Å². The van der Waals surface area contributed by atoms with E-state index in [0.717, 1.165) is 0 Å². The molecule has 1 rings (SSSR count). The van der Waals surface area contributed by atoms with Crippen LogP contribution in [0.4, 0.5) is 0 Å². The van der Waals surface area contributed by atoms with Crippen molar-refractivity contribution in [3.05, 3.63) is 23.8 Å². The molecule has 1 aromatic carbocycles. The molecule has 0 aromatic heterocycles. The zero-order valence-electron chi connectivity index (χ0n) is 11.0. The van der Waals surface area contributed by atoms with Gasteiger partial charge >= 0.3 is 5.97 Å². The van der Waals surface area contributed by atoms with Crippen molar-refractivity contribution in [3.8, 4) is 11.5 Å². The van der Waals surface area contributed by atoms with E-state index in [-0.39, 0.29) is 0 Å². The van der Waals surface area contributed by atoms with Crippen LogP contribution in [0, 0.1) is 0 Å². The molecule has 19 heavy (non-hydrogen) atoms. The molecular formula is C13H17NO5. The van der Waals surface area contributed by atoms with Gasteiger partial charge < -0.3 is 19.5 Å². The SMILES string of the molecule is COC(=O)c1cc(OCCCNC=O)ccc1OC. The van der Waals surface area contributed by atoms with Gasteiger partial charge in [-0.3, -0.25) is 4.79 Å². The molecule has 0 spiro atoms. The Morgan fingerprint density at radius 3 is 2.79 bits per heavy atom. The Morgan fingerprint density at radius 2 is 2.16 bits per heavy atom. The van der Waals surface area contributed by atoms with Crippen LogP contribution in [0.15, 0.2) is 18.2 Å². The van der Waals surface area contributed by atoms with Crippen LogP contribution in [0.5, 0.6) is 11.5 Å². The first-order valence-electron chi connectivity index (χ1n) is 5.79. The summed E-state index contributed by atoms with van der Waals surface area (Å²) in [5.41, 5.74) is 0.313. The summed E-state index contributed by atoms with van der Waals surface area (Å²) in [6.07, 6.45) is 1.32. The van der Waals surface area contributed by atoms with Crippen molar-refractivity contribution in [2.45, 2.75) is 6.42 Å². The lowest BCUT2D eigenvalue weighted by atomic mass is 10.2. The van der Waals surface area contributed by atoms with Crippen molar-refractivity contribution in [1.82, 2.24) is 5.32 Å². The van der Waals surface area contributed by atoms with E-state index in [4.69, 9.17) is 9.47 Å². The van der Waals surface area contributed by atoms with Crippen LogP contribution in [0.1, 0.15) is 16.8 Å². The van der Waals surface area contributed by atoms with Crippen LogP contribution < -0.4 is 14.8 Å². The first-order chi connectivity index (χ1) is 9.22. The maximum absolute atomic E-state index is 11.6. The molecule has 1 amide bonds. The number of amides is 1. The molecule has 0 saturated heterocycles. The normalized spacial score (nSPS) is 9.58.